The van der Waals surface area contributed by atoms with Crippen molar-refractivity contribution in [1.82, 2.24) is 4.57 Å². The van der Waals surface area contributed by atoms with Gasteiger partial charge in [-0.15, -0.1) is 0 Å². The maximum Gasteiger partial charge on any atom is 0.335 e. The van der Waals surface area contributed by atoms with Crippen LogP contribution in [0, 0.1) is 6.92 Å². The smallest absolute Gasteiger partial charge is 0.335 e. The van der Waals surface area contributed by atoms with Crippen molar-refractivity contribution in [3.63, 3.8) is 0 Å². The lowest BCUT2D eigenvalue weighted by Crippen LogP contribution is -2.14. The molecule has 0 aliphatic carbocycles. The van der Waals surface area contributed by atoms with Crippen LogP contribution in [0.4, 0.5) is 0 Å². The molecule has 0 saturated heterocycles. The van der Waals surface area contributed by atoms with Gasteiger partial charge in [-0.2, -0.15) is 0 Å². The Kier molecular flexibility index (Phi) is 3.44. The van der Waals surface area contributed by atoms with Crippen LogP contribution in [0.5, 0.6) is 0 Å². The maximum atomic E-state index is 12.0. The predicted octanol–water partition coefficient (Wildman–Crippen LogP) is 3.69. The quantitative estimate of drug-likeness (QED) is 0.857. The minimum Gasteiger partial charge on any atom is -0.478 e. The molecule has 0 aliphatic heterocycles. The van der Waals surface area contributed by atoms with Crippen molar-refractivity contribution in [2.24, 2.45) is 7.05 Å². The van der Waals surface area contributed by atoms with Crippen molar-refractivity contribution >= 4 is 22.7 Å². The summed E-state index contributed by atoms with van der Waals surface area (Å²) in [6, 6.07) is 3.32. The second-order valence-electron chi connectivity index (χ2n) is 6.55. The molecule has 4 heteroatoms. The molecule has 1 heterocycles. The van der Waals surface area contributed by atoms with Gasteiger partial charge in [0.2, 0.25) is 0 Å². The number of carbonyl (C=O) groups is 2. The van der Waals surface area contributed by atoms with Crippen LogP contribution in [-0.4, -0.2) is 21.4 Å². The second kappa shape index (κ2) is 4.72. The van der Waals surface area contributed by atoms with Crippen molar-refractivity contribution in [3.8, 4) is 0 Å². The van der Waals surface area contributed by atoms with Crippen molar-refractivity contribution < 1.29 is 14.7 Å². The zero-order valence-corrected chi connectivity index (χ0v) is 13.4. The molecule has 1 aromatic carbocycles. The lowest BCUT2D eigenvalue weighted by atomic mass is 9.84. The minimum absolute atomic E-state index is 0.0412. The van der Waals surface area contributed by atoms with Crippen molar-refractivity contribution in [1.29, 1.82) is 0 Å². The van der Waals surface area contributed by atoms with Gasteiger partial charge in [0.25, 0.3) is 0 Å². The second-order valence-corrected chi connectivity index (χ2v) is 6.55. The number of fused-ring (bicyclic) bond motifs is 1. The molecule has 0 aliphatic rings. The van der Waals surface area contributed by atoms with E-state index in [4.69, 9.17) is 0 Å². The van der Waals surface area contributed by atoms with Crippen LogP contribution in [0.2, 0.25) is 0 Å². The van der Waals surface area contributed by atoms with Gasteiger partial charge in [-0.3, -0.25) is 4.79 Å². The van der Waals surface area contributed by atoms with Gasteiger partial charge in [-0.1, -0.05) is 20.8 Å². The molecule has 0 atom stereocenters. The average Bonchev–Trinajstić information content (AvgIpc) is 2.59. The number of aromatic nitrogens is 1. The SMILES string of the molecule is CC(=O)c1c(C)n(C)c2c(C(C)(C)C)cc(C(=O)O)cc12. The Morgan fingerprint density at radius 1 is 1.19 bits per heavy atom. The lowest BCUT2D eigenvalue weighted by Gasteiger charge is -2.22. The number of hydrogen-bond acceptors (Lipinski definition) is 2. The van der Waals surface area contributed by atoms with E-state index in [1.807, 2.05) is 39.3 Å². The molecule has 21 heavy (non-hydrogen) atoms. The van der Waals surface area contributed by atoms with Gasteiger partial charge in [0.1, 0.15) is 0 Å². The highest BCUT2D eigenvalue weighted by molar-refractivity contribution is 6.10. The number of hydrogen-bond donors (Lipinski definition) is 1. The van der Waals surface area contributed by atoms with Crippen LogP contribution in [0.3, 0.4) is 0 Å². The molecule has 0 spiro atoms. The van der Waals surface area contributed by atoms with Crippen LogP contribution in [-0.2, 0) is 12.5 Å². The molecule has 2 aromatic rings. The van der Waals surface area contributed by atoms with Gasteiger partial charge in [0.05, 0.1) is 11.1 Å². The normalized spacial score (nSPS) is 11.9. The molecule has 4 nitrogen and oxygen atoms in total. The topological polar surface area (TPSA) is 59.3 Å². The number of rotatable bonds is 2. The van der Waals surface area contributed by atoms with Crippen LogP contribution in [0.15, 0.2) is 12.1 Å². The van der Waals surface area contributed by atoms with Crippen molar-refractivity contribution in [2.45, 2.75) is 40.0 Å². The van der Waals surface area contributed by atoms with E-state index < -0.39 is 5.97 Å². The number of carboxylic acids is 1. The summed E-state index contributed by atoms with van der Waals surface area (Å²) in [7, 11) is 1.92. The first-order chi connectivity index (χ1) is 9.55. The summed E-state index contributed by atoms with van der Waals surface area (Å²) < 4.78 is 1.98. The number of carbonyl (C=O) groups excluding carboxylic acids is 1. The summed E-state index contributed by atoms with van der Waals surface area (Å²) in [5.74, 6) is -1.01. The number of aromatic carboxylic acids is 1. The molecule has 1 N–H and O–H groups in total. The Morgan fingerprint density at radius 3 is 2.19 bits per heavy atom. The Labute approximate surface area is 124 Å². The number of carboxylic acid groups (broad SMARTS) is 1. The van der Waals surface area contributed by atoms with E-state index in [9.17, 15) is 14.7 Å². The first-order valence-corrected chi connectivity index (χ1v) is 6.93. The van der Waals surface area contributed by atoms with Crippen LogP contribution in [0.1, 0.15) is 59.7 Å². The Balaban J connectivity index is 3.06. The number of nitrogens with zero attached hydrogens (tertiary/aromatic N) is 1. The highest BCUT2D eigenvalue weighted by Gasteiger charge is 2.25. The first-order valence-electron chi connectivity index (χ1n) is 6.93. The minimum atomic E-state index is -0.974. The van der Waals surface area contributed by atoms with E-state index in [1.165, 1.54) is 6.92 Å². The fourth-order valence-electron chi connectivity index (χ4n) is 2.86. The van der Waals surface area contributed by atoms with E-state index in [0.29, 0.717) is 5.56 Å². The highest BCUT2D eigenvalue weighted by Crippen LogP contribution is 2.35. The third-order valence-electron chi connectivity index (χ3n) is 3.99. The summed E-state index contributed by atoms with van der Waals surface area (Å²) >= 11 is 0. The number of aryl methyl sites for hydroxylation is 1. The third-order valence-corrected chi connectivity index (χ3v) is 3.99. The lowest BCUT2D eigenvalue weighted by molar-refractivity contribution is 0.0696. The number of Topliss-reactive ketones (excluding diaryl/α,β-unsaturated/α-hetero) is 1. The number of benzene rings is 1. The molecule has 112 valence electrons. The molecule has 0 saturated carbocycles. The van der Waals surface area contributed by atoms with E-state index in [0.717, 1.165) is 22.2 Å². The molecule has 0 unspecified atom stereocenters. The van der Waals surface area contributed by atoms with Gasteiger partial charge < -0.3 is 9.67 Å². The summed E-state index contributed by atoms with van der Waals surface area (Å²) in [6.45, 7) is 9.55. The summed E-state index contributed by atoms with van der Waals surface area (Å²) in [5, 5.41) is 10.1. The Bertz CT molecular complexity index is 761. The molecular formula is C17H21NO3. The number of ketones is 1. The van der Waals surface area contributed by atoms with Crippen LogP contribution >= 0.6 is 0 Å². The summed E-state index contributed by atoms with van der Waals surface area (Å²) in [4.78, 5) is 23.4. The molecule has 0 amide bonds. The van der Waals surface area contributed by atoms with E-state index >= 15 is 0 Å². The molecule has 0 fully saturated rings. The van der Waals surface area contributed by atoms with Crippen molar-refractivity contribution in [2.75, 3.05) is 0 Å². The van der Waals surface area contributed by atoms with Crippen LogP contribution in [0.25, 0.3) is 10.9 Å². The van der Waals surface area contributed by atoms with E-state index in [1.54, 1.807) is 12.1 Å². The van der Waals surface area contributed by atoms with Gasteiger partial charge in [-0.25, -0.2) is 4.79 Å². The monoisotopic (exact) mass is 287 g/mol. The zero-order valence-electron chi connectivity index (χ0n) is 13.4. The Hall–Kier alpha value is -2.10. The Morgan fingerprint density at radius 2 is 1.76 bits per heavy atom. The van der Waals surface area contributed by atoms with Gasteiger partial charge >= 0.3 is 5.97 Å². The molecule has 1 aromatic heterocycles. The fraction of sp³-hybridized carbons (Fsp3) is 0.412. The van der Waals surface area contributed by atoms with Gasteiger partial charge in [0.15, 0.2) is 5.78 Å². The predicted molar refractivity (Wildman–Crippen MR) is 83.3 cm³/mol. The fourth-order valence-corrected chi connectivity index (χ4v) is 2.86. The van der Waals surface area contributed by atoms with Crippen LogP contribution < -0.4 is 0 Å². The average molecular weight is 287 g/mol. The first kappa shape index (κ1) is 15.3. The van der Waals surface area contributed by atoms with E-state index in [2.05, 4.69) is 0 Å². The van der Waals surface area contributed by atoms with Crippen molar-refractivity contribution in [3.05, 3.63) is 34.5 Å². The highest BCUT2D eigenvalue weighted by atomic mass is 16.4. The summed E-state index contributed by atoms with van der Waals surface area (Å²) in [5.41, 5.74) is 3.37. The zero-order chi connectivity index (χ0) is 16.1. The van der Waals surface area contributed by atoms with E-state index in [-0.39, 0.29) is 16.8 Å². The standard InChI is InChI=1S/C17H21NO3/c1-9-14(10(2)19)12-7-11(16(20)21)8-13(17(3,4)5)15(12)18(9)6/h7-8H,1-6H3,(H,20,21). The molecular weight excluding hydrogens is 266 g/mol. The molecule has 0 bridgehead atoms. The molecule has 0 radical (unpaired) electrons. The van der Waals surface area contributed by atoms with Gasteiger partial charge in [-0.05, 0) is 37.0 Å². The summed E-state index contributed by atoms with van der Waals surface area (Å²) in [6.07, 6.45) is 0. The van der Waals surface area contributed by atoms with Gasteiger partial charge in [0, 0.05) is 23.7 Å². The molecule has 2 rings (SSSR count). The maximum absolute atomic E-state index is 12.0. The largest absolute Gasteiger partial charge is 0.478 e. The third kappa shape index (κ3) is 2.35.